The summed E-state index contributed by atoms with van der Waals surface area (Å²) in [6, 6.07) is 2.23. The summed E-state index contributed by atoms with van der Waals surface area (Å²) in [6.07, 6.45) is 8.68. The number of hydrogen-bond acceptors (Lipinski definition) is 4. The number of rotatable bonds is 3. The van der Waals surface area contributed by atoms with Crippen molar-refractivity contribution in [2.24, 2.45) is 5.41 Å². The van der Waals surface area contributed by atoms with Crippen LogP contribution in [0.15, 0.2) is 0 Å². The highest BCUT2D eigenvalue weighted by atomic mass is 16.7. The third-order valence-corrected chi connectivity index (χ3v) is 5.13. The zero-order valence-electron chi connectivity index (χ0n) is 12.5. The molecule has 5 nitrogen and oxygen atoms in total. The second-order valence-electron chi connectivity index (χ2n) is 6.63. The van der Waals surface area contributed by atoms with Gasteiger partial charge in [0.25, 0.3) is 0 Å². The molecule has 1 atom stereocenters. The molecule has 3 rings (SSSR count). The molecule has 1 N–H and O–H groups in total. The number of carbonyl (C=O) groups excluding carboxylic acids is 1. The van der Waals surface area contributed by atoms with Gasteiger partial charge in [-0.15, -0.1) is 0 Å². The van der Waals surface area contributed by atoms with E-state index in [1.54, 1.807) is 0 Å². The Bertz CT molecular complexity index is 431. The van der Waals surface area contributed by atoms with Gasteiger partial charge in [0.15, 0.2) is 5.79 Å². The van der Waals surface area contributed by atoms with E-state index in [-0.39, 0.29) is 12.0 Å². The Kier molecular flexibility index (Phi) is 4.19. The largest absolute Gasteiger partial charge is 0.352 e. The van der Waals surface area contributed by atoms with Gasteiger partial charge >= 0.3 is 0 Å². The van der Waals surface area contributed by atoms with Gasteiger partial charge in [0.2, 0.25) is 5.91 Å². The molecule has 116 valence electrons. The number of amides is 1. The summed E-state index contributed by atoms with van der Waals surface area (Å²) >= 11 is 0. The Morgan fingerprint density at radius 3 is 2.48 bits per heavy atom. The topological polar surface area (TPSA) is 71.4 Å². The van der Waals surface area contributed by atoms with Crippen molar-refractivity contribution in [3.63, 3.8) is 0 Å². The molecule has 1 heterocycles. The van der Waals surface area contributed by atoms with Crippen molar-refractivity contribution >= 4 is 5.91 Å². The van der Waals surface area contributed by atoms with Gasteiger partial charge in [0.1, 0.15) is 11.5 Å². The minimum Gasteiger partial charge on any atom is -0.352 e. The summed E-state index contributed by atoms with van der Waals surface area (Å²) in [5, 5.41) is 12.2. The van der Waals surface area contributed by atoms with E-state index in [0.717, 1.165) is 38.5 Å². The van der Waals surface area contributed by atoms with Gasteiger partial charge in [-0.05, 0) is 25.7 Å². The first-order valence-corrected chi connectivity index (χ1v) is 8.19. The number of nitrogens with zero attached hydrogens (tertiary/aromatic N) is 1. The maximum Gasteiger partial charge on any atom is 0.240 e. The normalized spacial score (nSPS) is 30.1. The van der Waals surface area contributed by atoms with Gasteiger partial charge in [0, 0.05) is 19.4 Å². The monoisotopic (exact) mass is 292 g/mol. The first-order valence-electron chi connectivity index (χ1n) is 8.19. The third kappa shape index (κ3) is 2.93. The van der Waals surface area contributed by atoms with Gasteiger partial charge in [0.05, 0.1) is 12.7 Å². The molecule has 0 aromatic heterocycles. The molecule has 3 fully saturated rings. The van der Waals surface area contributed by atoms with Crippen LogP contribution in [0.4, 0.5) is 0 Å². The fraction of sp³-hybridized carbons (Fsp3) is 0.875. The second kappa shape index (κ2) is 5.94. The fourth-order valence-electron chi connectivity index (χ4n) is 3.81. The molecular weight excluding hydrogens is 268 g/mol. The summed E-state index contributed by atoms with van der Waals surface area (Å²) in [5.74, 6) is -0.524. The van der Waals surface area contributed by atoms with Crippen LogP contribution < -0.4 is 5.32 Å². The average Bonchev–Trinajstić information content (AvgIpc) is 3.14. The zero-order chi connectivity index (χ0) is 14.8. The lowest BCUT2D eigenvalue weighted by Gasteiger charge is -2.31. The summed E-state index contributed by atoms with van der Waals surface area (Å²) in [4.78, 5) is 12.3. The lowest BCUT2D eigenvalue weighted by Crippen LogP contribution is -2.43. The van der Waals surface area contributed by atoms with Crippen molar-refractivity contribution < 1.29 is 14.3 Å². The first kappa shape index (κ1) is 14.8. The van der Waals surface area contributed by atoms with E-state index in [0.29, 0.717) is 26.0 Å². The van der Waals surface area contributed by atoms with Crippen LogP contribution in [0.3, 0.4) is 0 Å². The van der Waals surface area contributed by atoms with Crippen LogP contribution >= 0.6 is 0 Å². The molecule has 0 radical (unpaired) electrons. The Labute approximate surface area is 126 Å². The van der Waals surface area contributed by atoms with Crippen LogP contribution in [-0.2, 0) is 14.3 Å². The van der Waals surface area contributed by atoms with Crippen molar-refractivity contribution in [3.8, 4) is 6.07 Å². The predicted molar refractivity (Wildman–Crippen MR) is 76.2 cm³/mol. The molecule has 0 aromatic rings. The average molecular weight is 292 g/mol. The van der Waals surface area contributed by atoms with Crippen LogP contribution in [0.5, 0.6) is 0 Å². The van der Waals surface area contributed by atoms with Crippen LogP contribution in [0, 0.1) is 16.7 Å². The number of hydrogen-bond donors (Lipinski definition) is 1. The fourth-order valence-corrected chi connectivity index (χ4v) is 3.81. The summed E-state index contributed by atoms with van der Waals surface area (Å²) in [6.45, 7) is 0.990. The quantitative estimate of drug-likeness (QED) is 0.866. The Hall–Kier alpha value is -1.12. The number of nitriles is 1. The van der Waals surface area contributed by atoms with E-state index in [2.05, 4.69) is 11.4 Å². The molecule has 1 saturated heterocycles. The van der Waals surface area contributed by atoms with Crippen molar-refractivity contribution in [2.45, 2.75) is 69.7 Å². The van der Waals surface area contributed by atoms with Crippen LogP contribution in [0.2, 0.25) is 0 Å². The molecule has 1 spiro atoms. The Balaban J connectivity index is 1.50. The highest BCUT2D eigenvalue weighted by molar-refractivity contribution is 5.85. The molecule has 0 unspecified atom stereocenters. The second-order valence-corrected chi connectivity index (χ2v) is 6.63. The molecule has 21 heavy (non-hydrogen) atoms. The molecule has 0 bridgehead atoms. The van der Waals surface area contributed by atoms with Crippen molar-refractivity contribution in [1.82, 2.24) is 5.32 Å². The van der Waals surface area contributed by atoms with Crippen LogP contribution in [0.25, 0.3) is 0 Å². The molecule has 2 saturated carbocycles. The number of carbonyl (C=O) groups is 1. The van der Waals surface area contributed by atoms with Crippen LogP contribution in [0.1, 0.15) is 57.8 Å². The third-order valence-electron chi connectivity index (χ3n) is 5.13. The lowest BCUT2D eigenvalue weighted by atomic mass is 9.87. The molecule has 3 aliphatic rings. The van der Waals surface area contributed by atoms with Crippen molar-refractivity contribution in [3.05, 3.63) is 0 Å². The highest BCUT2D eigenvalue weighted by Gasteiger charge is 2.44. The van der Waals surface area contributed by atoms with Gasteiger partial charge < -0.3 is 14.8 Å². The van der Waals surface area contributed by atoms with E-state index >= 15 is 0 Å². The number of nitrogens with one attached hydrogen (secondary N) is 1. The summed E-state index contributed by atoms with van der Waals surface area (Å²) in [5.41, 5.74) is -0.804. The van der Waals surface area contributed by atoms with Crippen molar-refractivity contribution in [1.29, 1.82) is 5.26 Å². The summed E-state index contributed by atoms with van der Waals surface area (Å²) < 4.78 is 11.9. The molecule has 1 aliphatic heterocycles. The predicted octanol–water partition coefficient (Wildman–Crippen LogP) is 2.26. The zero-order valence-corrected chi connectivity index (χ0v) is 12.5. The Morgan fingerprint density at radius 1 is 1.14 bits per heavy atom. The van der Waals surface area contributed by atoms with E-state index in [1.807, 2.05) is 0 Å². The molecule has 1 amide bonds. The standard InChI is InChI=1S/C16H24N2O3/c17-12-15(6-4-5-7-15)14(19)18-10-13-11-20-16(21-13)8-2-1-3-9-16/h13H,1-11H2,(H,18,19)/t13-/m0/s1. The minimum absolute atomic E-state index is 0.0794. The van der Waals surface area contributed by atoms with E-state index < -0.39 is 11.2 Å². The maximum atomic E-state index is 12.3. The van der Waals surface area contributed by atoms with E-state index in [4.69, 9.17) is 9.47 Å². The molecular formula is C16H24N2O3. The smallest absolute Gasteiger partial charge is 0.240 e. The molecule has 0 aromatic carbocycles. The van der Waals surface area contributed by atoms with Crippen molar-refractivity contribution in [2.75, 3.05) is 13.2 Å². The van der Waals surface area contributed by atoms with Gasteiger partial charge in [-0.1, -0.05) is 19.3 Å². The lowest BCUT2D eigenvalue weighted by molar-refractivity contribution is -0.186. The maximum absolute atomic E-state index is 12.3. The minimum atomic E-state index is -0.804. The van der Waals surface area contributed by atoms with E-state index in [1.165, 1.54) is 6.42 Å². The van der Waals surface area contributed by atoms with E-state index in [9.17, 15) is 10.1 Å². The van der Waals surface area contributed by atoms with Gasteiger partial charge in [-0.3, -0.25) is 4.79 Å². The van der Waals surface area contributed by atoms with Crippen LogP contribution in [-0.4, -0.2) is 30.9 Å². The number of ether oxygens (including phenoxy) is 2. The summed E-state index contributed by atoms with van der Waals surface area (Å²) in [7, 11) is 0. The molecule has 5 heteroatoms. The Morgan fingerprint density at radius 2 is 1.81 bits per heavy atom. The highest BCUT2D eigenvalue weighted by Crippen LogP contribution is 2.39. The first-order chi connectivity index (χ1) is 10.2. The van der Waals surface area contributed by atoms with Gasteiger partial charge in [-0.2, -0.15) is 5.26 Å². The molecule has 2 aliphatic carbocycles. The van der Waals surface area contributed by atoms with Gasteiger partial charge in [-0.25, -0.2) is 0 Å². The SMILES string of the molecule is N#CC1(C(=O)NC[C@H]2COC3(CCCCC3)O2)CCCC1.